The van der Waals surface area contributed by atoms with E-state index in [4.69, 9.17) is 16.3 Å². The fourth-order valence-corrected chi connectivity index (χ4v) is 2.36. The molecule has 0 spiro atoms. The molecular weight excluding hydrogens is 250 g/mol. The molecule has 1 aliphatic rings. The van der Waals surface area contributed by atoms with Gasteiger partial charge in [-0.1, -0.05) is 11.3 Å². The van der Waals surface area contributed by atoms with Crippen LogP contribution in [0.2, 0.25) is 4.47 Å². The van der Waals surface area contributed by atoms with Gasteiger partial charge in [0.2, 0.25) is 9.47 Å². The van der Waals surface area contributed by atoms with Crippen LogP contribution in [0.1, 0.15) is 29.6 Å². The minimum Gasteiger partial charge on any atom is -0.373 e. The molecule has 1 amide bonds. The van der Waals surface area contributed by atoms with Crippen molar-refractivity contribution < 1.29 is 9.53 Å². The molecule has 5 nitrogen and oxygen atoms in total. The maximum atomic E-state index is 11.6. The lowest BCUT2D eigenvalue weighted by Gasteiger charge is -2.22. The van der Waals surface area contributed by atoms with Crippen LogP contribution in [0.4, 0.5) is 0 Å². The van der Waals surface area contributed by atoms with Crippen molar-refractivity contribution in [2.24, 2.45) is 0 Å². The monoisotopic (exact) mass is 261 g/mol. The highest BCUT2D eigenvalue weighted by molar-refractivity contribution is 7.17. The number of rotatable bonds is 3. The third-order valence-corrected chi connectivity index (χ3v) is 3.54. The largest absolute Gasteiger partial charge is 0.373 e. The molecule has 1 atom stereocenters. The first-order valence-corrected chi connectivity index (χ1v) is 6.20. The van der Waals surface area contributed by atoms with E-state index >= 15 is 0 Å². The number of carbonyl (C=O) groups is 1. The number of carbonyl (C=O) groups excluding carboxylic acids is 1. The Morgan fingerprint density at radius 1 is 1.69 bits per heavy atom. The molecule has 1 saturated heterocycles. The van der Waals surface area contributed by atoms with Gasteiger partial charge >= 0.3 is 0 Å². The van der Waals surface area contributed by atoms with E-state index in [1.807, 2.05) is 6.92 Å². The molecule has 0 radical (unpaired) electrons. The molecule has 0 bridgehead atoms. The average molecular weight is 262 g/mol. The number of halogens is 1. The van der Waals surface area contributed by atoms with Crippen LogP contribution in [-0.4, -0.2) is 34.9 Å². The van der Waals surface area contributed by atoms with Gasteiger partial charge in [0, 0.05) is 13.2 Å². The second kappa shape index (κ2) is 4.65. The number of amides is 1. The molecule has 0 saturated carbocycles. The lowest BCUT2D eigenvalue weighted by molar-refractivity contribution is 0.0206. The quantitative estimate of drug-likeness (QED) is 0.895. The van der Waals surface area contributed by atoms with E-state index in [-0.39, 0.29) is 21.0 Å². The lowest BCUT2D eigenvalue weighted by atomic mass is 10.0. The molecule has 1 aliphatic heterocycles. The zero-order valence-corrected chi connectivity index (χ0v) is 10.4. The molecule has 16 heavy (non-hydrogen) atoms. The first-order valence-electron chi connectivity index (χ1n) is 5.00. The van der Waals surface area contributed by atoms with E-state index in [2.05, 4.69) is 15.5 Å². The van der Waals surface area contributed by atoms with Crippen molar-refractivity contribution in [2.75, 3.05) is 13.2 Å². The van der Waals surface area contributed by atoms with Gasteiger partial charge in [-0.3, -0.25) is 4.79 Å². The molecule has 1 aromatic heterocycles. The number of aromatic nitrogens is 2. The Bertz CT molecular complexity index is 390. The molecule has 1 fully saturated rings. The smallest absolute Gasteiger partial charge is 0.282 e. The Morgan fingerprint density at radius 3 is 3.06 bits per heavy atom. The third kappa shape index (κ3) is 2.69. The molecule has 2 heterocycles. The minimum atomic E-state index is -0.249. The molecule has 0 aliphatic carbocycles. The van der Waals surface area contributed by atoms with Crippen molar-refractivity contribution >= 4 is 28.8 Å². The second-order valence-corrected chi connectivity index (χ2v) is 5.50. The van der Waals surface area contributed by atoms with Crippen molar-refractivity contribution in [2.45, 2.75) is 25.4 Å². The molecule has 1 N–H and O–H groups in total. The van der Waals surface area contributed by atoms with Crippen molar-refractivity contribution in [1.82, 2.24) is 15.5 Å². The molecule has 1 unspecified atom stereocenters. The van der Waals surface area contributed by atoms with Crippen molar-refractivity contribution in [3.05, 3.63) is 9.47 Å². The Labute approximate surface area is 102 Å². The Balaban J connectivity index is 1.88. The second-order valence-electron chi connectivity index (χ2n) is 3.94. The Kier molecular flexibility index (Phi) is 3.41. The number of nitrogens with zero attached hydrogens (tertiary/aromatic N) is 2. The predicted molar refractivity (Wildman–Crippen MR) is 60.8 cm³/mol. The van der Waals surface area contributed by atoms with Crippen LogP contribution >= 0.6 is 22.9 Å². The van der Waals surface area contributed by atoms with Crippen LogP contribution in [0.15, 0.2) is 0 Å². The Hall–Kier alpha value is -0.720. The van der Waals surface area contributed by atoms with Gasteiger partial charge in [0.25, 0.3) is 5.91 Å². The topological polar surface area (TPSA) is 64.1 Å². The molecule has 7 heteroatoms. The van der Waals surface area contributed by atoms with Crippen molar-refractivity contribution in [3.8, 4) is 0 Å². The number of ether oxygens (including phenoxy) is 1. The van der Waals surface area contributed by atoms with E-state index in [9.17, 15) is 4.79 Å². The summed E-state index contributed by atoms with van der Waals surface area (Å²) >= 11 is 6.67. The predicted octanol–water partition coefficient (Wildman–Crippen LogP) is 1.49. The summed E-state index contributed by atoms with van der Waals surface area (Å²) in [5, 5.41) is 10.3. The van der Waals surface area contributed by atoms with Gasteiger partial charge in [-0.05, 0) is 31.4 Å². The molecule has 0 aromatic carbocycles. The molecule has 88 valence electrons. The highest BCUT2D eigenvalue weighted by Gasteiger charge is 2.30. The fraction of sp³-hybridized carbons (Fsp3) is 0.667. The maximum Gasteiger partial charge on any atom is 0.282 e. The van der Waals surface area contributed by atoms with Crippen LogP contribution in [0.25, 0.3) is 0 Å². The van der Waals surface area contributed by atoms with Gasteiger partial charge in [-0.25, -0.2) is 0 Å². The summed E-state index contributed by atoms with van der Waals surface area (Å²) in [6, 6.07) is 0. The highest BCUT2D eigenvalue weighted by Crippen LogP contribution is 2.24. The highest BCUT2D eigenvalue weighted by atomic mass is 35.5. The summed E-state index contributed by atoms with van der Waals surface area (Å²) in [6.07, 6.45) is 2.00. The van der Waals surface area contributed by atoms with E-state index in [0.29, 0.717) is 6.54 Å². The van der Waals surface area contributed by atoms with Gasteiger partial charge < -0.3 is 10.1 Å². The van der Waals surface area contributed by atoms with Crippen LogP contribution < -0.4 is 5.32 Å². The van der Waals surface area contributed by atoms with E-state index < -0.39 is 0 Å². The minimum absolute atomic E-state index is 0.246. The summed E-state index contributed by atoms with van der Waals surface area (Å²) in [6.45, 7) is 3.24. The molecule has 1 aromatic rings. The lowest BCUT2D eigenvalue weighted by Crippen LogP contribution is -2.40. The van der Waals surface area contributed by atoms with Gasteiger partial charge in [0.15, 0.2) is 0 Å². The summed E-state index contributed by atoms with van der Waals surface area (Å²) in [4.78, 5) is 11.6. The van der Waals surface area contributed by atoms with E-state index in [1.54, 1.807) is 0 Å². The SMILES string of the molecule is CC1(CNC(=O)c2nnc(Cl)s2)CCCO1. The summed E-state index contributed by atoms with van der Waals surface area (Å²) in [5.74, 6) is -0.249. The first-order chi connectivity index (χ1) is 7.59. The van der Waals surface area contributed by atoms with Gasteiger partial charge in [0.05, 0.1) is 5.60 Å². The van der Waals surface area contributed by atoms with Gasteiger partial charge in [-0.2, -0.15) is 0 Å². The van der Waals surface area contributed by atoms with Gasteiger partial charge in [0.1, 0.15) is 0 Å². The first kappa shape index (κ1) is 11.8. The van der Waals surface area contributed by atoms with Crippen LogP contribution in [0, 0.1) is 0 Å². The third-order valence-electron chi connectivity index (χ3n) is 2.52. The van der Waals surface area contributed by atoms with Crippen molar-refractivity contribution in [1.29, 1.82) is 0 Å². The average Bonchev–Trinajstić information content (AvgIpc) is 2.85. The summed E-state index contributed by atoms with van der Waals surface area (Å²) in [5.41, 5.74) is -0.246. The maximum absolute atomic E-state index is 11.6. The number of hydrogen-bond acceptors (Lipinski definition) is 5. The molecule has 2 rings (SSSR count). The number of hydrogen-bond donors (Lipinski definition) is 1. The summed E-state index contributed by atoms with van der Waals surface area (Å²) in [7, 11) is 0. The standard InChI is InChI=1S/C9H12ClN3O2S/c1-9(3-2-4-15-9)5-11-6(14)7-12-13-8(10)16-7/h2-5H2,1H3,(H,11,14). The Morgan fingerprint density at radius 2 is 2.50 bits per heavy atom. The van der Waals surface area contributed by atoms with Crippen molar-refractivity contribution in [3.63, 3.8) is 0 Å². The zero-order valence-electron chi connectivity index (χ0n) is 8.83. The normalized spacial score (nSPS) is 24.6. The van der Waals surface area contributed by atoms with Gasteiger partial charge in [-0.15, -0.1) is 10.2 Å². The van der Waals surface area contributed by atoms with E-state index in [0.717, 1.165) is 30.8 Å². The van der Waals surface area contributed by atoms with Crippen LogP contribution in [-0.2, 0) is 4.74 Å². The fourth-order valence-electron chi connectivity index (χ4n) is 1.62. The number of nitrogens with one attached hydrogen (secondary N) is 1. The summed E-state index contributed by atoms with van der Waals surface area (Å²) < 4.78 is 5.83. The zero-order chi connectivity index (χ0) is 11.6. The van der Waals surface area contributed by atoms with Crippen LogP contribution in [0.3, 0.4) is 0 Å². The van der Waals surface area contributed by atoms with E-state index in [1.165, 1.54) is 0 Å². The van der Waals surface area contributed by atoms with Crippen LogP contribution in [0.5, 0.6) is 0 Å². The molecular formula is C9H12ClN3O2S.